The molecule has 0 unspecified atom stereocenters. The lowest BCUT2D eigenvalue weighted by Gasteiger charge is -2.06. The monoisotopic (exact) mass is 299 g/mol. The first-order valence-corrected chi connectivity index (χ1v) is 5.66. The molecule has 2 rings (SSSR count). The van der Waals surface area contributed by atoms with E-state index in [2.05, 4.69) is 20.9 Å². The van der Waals surface area contributed by atoms with Gasteiger partial charge in [0.05, 0.1) is 10.5 Å². The van der Waals surface area contributed by atoms with E-state index in [9.17, 15) is 4.79 Å². The molecule has 0 aliphatic heterocycles. The highest BCUT2D eigenvalue weighted by molar-refractivity contribution is 9.10. The van der Waals surface area contributed by atoms with Crippen molar-refractivity contribution in [2.45, 2.75) is 6.92 Å². The summed E-state index contributed by atoms with van der Waals surface area (Å²) in [6.07, 6.45) is 0. The number of fused-ring (bicyclic) bond motifs is 1. The van der Waals surface area contributed by atoms with Crippen LogP contribution in [0.15, 0.2) is 22.7 Å². The molecule has 0 radical (unpaired) electrons. The number of rotatable bonds is 1. The van der Waals surface area contributed by atoms with Crippen LogP contribution in [0.5, 0.6) is 0 Å². The minimum absolute atomic E-state index is 0.0520. The third kappa shape index (κ3) is 1.79. The zero-order valence-corrected chi connectivity index (χ0v) is 10.6. The van der Waals surface area contributed by atoms with E-state index in [4.69, 9.17) is 16.7 Å². The number of aryl methyl sites for hydroxylation is 1. The topological polar surface area (TPSA) is 50.2 Å². The number of carbonyl (C=O) groups is 1. The standard InChI is InChI=1S/C11H7BrClNO2/c1-5-2-3-6-7(13)4-8(11(15)16)14-10(6)9(5)12/h2-4H,1H3,(H,15,16). The molecular formula is C11H7BrClNO2. The Kier molecular flexibility index (Phi) is 2.86. The van der Waals surface area contributed by atoms with E-state index in [1.165, 1.54) is 6.07 Å². The molecule has 3 nitrogen and oxygen atoms in total. The number of aromatic carboxylic acids is 1. The van der Waals surface area contributed by atoms with Gasteiger partial charge in [0.1, 0.15) is 5.69 Å². The lowest BCUT2D eigenvalue weighted by atomic mass is 10.1. The predicted octanol–water partition coefficient (Wildman–Crippen LogP) is 3.66. The smallest absolute Gasteiger partial charge is 0.354 e. The van der Waals surface area contributed by atoms with Crippen molar-refractivity contribution in [2.24, 2.45) is 0 Å². The molecule has 1 aromatic carbocycles. The summed E-state index contributed by atoms with van der Waals surface area (Å²) in [7, 11) is 0. The highest BCUT2D eigenvalue weighted by atomic mass is 79.9. The Morgan fingerprint density at radius 3 is 2.81 bits per heavy atom. The highest BCUT2D eigenvalue weighted by Gasteiger charge is 2.12. The second-order valence-corrected chi connectivity index (χ2v) is 4.59. The molecule has 0 saturated carbocycles. The molecule has 0 saturated heterocycles. The molecule has 0 aliphatic rings. The number of carboxylic acids is 1. The van der Waals surface area contributed by atoms with Crippen LogP contribution >= 0.6 is 27.5 Å². The molecular weight excluding hydrogens is 293 g/mol. The van der Waals surface area contributed by atoms with Gasteiger partial charge >= 0.3 is 5.97 Å². The minimum Gasteiger partial charge on any atom is -0.477 e. The molecule has 0 atom stereocenters. The summed E-state index contributed by atoms with van der Waals surface area (Å²) in [5.41, 5.74) is 1.51. The van der Waals surface area contributed by atoms with Gasteiger partial charge in [0.2, 0.25) is 0 Å². The average Bonchev–Trinajstić information content (AvgIpc) is 2.23. The van der Waals surface area contributed by atoms with Crippen LogP contribution < -0.4 is 0 Å². The summed E-state index contributed by atoms with van der Waals surface area (Å²) in [4.78, 5) is 14.9. The van der Waals surface area contributed by atoms with Crippen LogP contribution in [-0.4, -0.2) is 16.1 Å². The first-order chi connectivity index (χ1) is 7.50. The minimum atomic E-state index is -1.09. The molecule has 16 heavy (non-hydrogen) atoms. The van der Waals surface area contributed by atoms with Gasteiger partial charge in [-0.2, -0.15) is 0 Å². The molecule has 0 aliphatic carbocycles. The number of benzene rings is 1. The normalized spacial score (nSPS) is 10.7. The maximum absolute atomic E-state index is 10.9. The summed E-state index contributed by atoms with van der Waals surface area (Å²) in [5.74, 6) is -1.09. The van der Waals surface area contributed by atoms with Crippen molar-refractivity contribution in [3.63, 3.8) is 0 Å². The van der Waals surface area contributed by atoms with Gasteiger partial charge < -0.3 is 5.11 Å². The van der Waals surface area contributed by atoms with E-state index >= 15 is 0 Å². The summed E-state index contributed by atoms with van der Waals surface area (Å²) >= 11 is 9.39. The maximum atomic E-state index is 10.9. The third-order valence-corrected chi connectivity index (χ3v) is 3.60. The second kappa shape index (κ2) is 4.03. The van der Waals surface area contributed by atoms with Gasteiger partial charge in [0.25, 0.3) is 0 Å². The lowest BCUT2D eigenvalue weighted by molar-refractivity contribution is 0.0691. The van der Waals surface area contributed by atoms with Crippen LogP contribution in [0.1, 0.15) is 16.1 Å². The first-order valence-electron chi connectivity index (χ1n) is 4.49. The van der Waals surface area contributed by atoms with E-state index in [1.54, 1.807) is 0 Å². The fourth-order valence-electron chi connectivity index (χ4n) is 1.43. The number of hydrogen-bond donors (Lipinski definition) is 1. The van der Waals surface area contributed by atoms with E-state index in [1.807, 2.05) is 19.1 Å². The van der Waals surface area contributed by atoms with Gasteiger partial charge in [-0.25, -0.2) is 9.78 Å². The predicted molar refractivity (Wildman–Crippen MR) is 66.1 cm³/mol. The van der Waals surface area contributed by atoms with E-state index < -0.39 is 5.97 Å². The lowest BCUT2D eigenvalue weighted by Crippen LogP contribution is -2.01. The average molecular weight is 301 g/mol. The Hall–Kier alpha value is -1.13. The number of nitrogens with zero attached hydrogens (tertiary/aromatic N) is 1. The first kappa shape index (κ1) is 11.4. The molecule has 1 heterocycles. The van der Waals surface area contributed by atoms with Gasteiger partial charge in [0, 0.05) is 9.86 Å². The molecule has 0 spiro atoms. The third-order valence-electron chi connectivity index (χ3n) is 2.28. The van der Waals surface area contributed by atoms with Crippen molar-refractivity contribution in [1.82, 2.24) is 4.98 Å². The van der Waals surface area contributed by atoms with Crippen LogP contribution in [0, 0.1) is 6.92 Å². The summed E-state index contributed by atoms with van der Waals surface area (Å²) in [6.45, 7) is 1.91. The Morgan fingerprint density at radius 2 is 2.19 bits per heavy atom. The SMILES string of the molecule is Cc1ccc2c(Cl)cc(C(=O)O)nc2c1Br. The molecule has 1 N–H and O–H groups in total. The molecule has 82 valence electrons. The van der Waals surface area contributed by atoms with E-state index in [0.717, 1.165) is 15.4 Å². The summed E-state index contributed by atoms with van der Waals surface area (Å²) in [6, 6.07) is 5.09. The van der Waals surface area contributed by atoms with Crippen LogP contribution in [0.2, 0.25) is 5.02 Å². The van der Waals surface area contributed by atoms with Gasteiger partial charge in [-0.1, -0.05) is 23.7 Å². The van der Waals surface area contributed by atoms with Crippen molar-refractivity contribution in [1.29, 1.82) is 0 Å². The molecule has 2 aromatic rings. The van der Waals surface area contributed by atoms with Crippen LogP contribution in [0.4, 0.5) is 0 Å². The largest absolute Gasteiger partial charge is 0.477 e. The van der Waals surface area contributed by atoms with Crippen molar-refractivity contribution >= 4 is 44.4 Å². The Bertz CT molecular complexity index is 598. The van der Waals surface area contributed by atoms with Gasteiger partial charge in [-0.15, -0.1) is 0 Å². The number of pyridine rings is 1. The van der Waals surface area contributed by atoms with E-state index in [0.29, 0.717) is 10.5 Å². The Morgan fingerprint density at radius 1 is 1.50 bits per heavy atom. The van der Waals surface area contributed by atoms with Crippen molar-refractivity contribution < 1.29 is 9.90 Å². The second-order valence-electron chi connectivity index (χ2n) is 3.39. The van der Waals surface area contributed by atoms with Crippen LogP contribution in [0.25, 0.3) is 10.9 Å². The Labute approximate surface area is 105 Å². The van der Waals surface area contributed by atoms with Crippen molar-refractivity contribution in [3.8, 4) is 0 Å². The number of hydrogen-bond acceptors (Lipinski definition) is 2. The van der Waals surface area contributed by atoms with Gasteiger partial charge in [0.15, 0.2) is 0 Å². The van der Waals surface area contributed by atoms with Crippen molar-refractivity contribution in [2.75, 3.05) is 0 Å². The fourth-order valence-corrected chi connectivity index (χ4v) is 2.12. The molecule has 0 fully saturated rings. The zero-order valence-electron chi connectivity index (χ0n) is 8.29. The highest BCUT2D eigenvalue weighted by Crippen LogP contribution is 2.30. The van der Waals surface area contributed by atoms with Gasteiger partial charge in [-0.3, -0.25) is 0 Å². The maximum Gasteiger partial charge on any atom is 0.354 e. The molecule has 0 amide bonds. The fraction of sp³-hybridized carbons (Fsp3) is 0.0909. The number of carboxylic acid groups (broad SMARTS) is 1. The molecule has 1 aromatic heterocycles. The zero-order chi connectivity index (χ0) is 11.9. The molecule has 5 heteroatoms. The van der Waals surface area contributed by atoms with E-state index in [-0.39, 0.29) is 5.69 Å². The van der Waals surface area contributed by atoms with Crippen LogP contribution in [-0.2, 0) is 0 Å². The quantitative estimate of drug-likeness (QED) is 0.874. The summed E-state index contributed by atoms with van der Waals surface area (Å²) < 4.78 is 0.773. The van der Waals surface area contributed by atoms with Crippen LogP contribution in [0.3, 0.4) is 0 Å². The molecule has 0 bridgehead atoms. The van der Waals surface area contributed by atoms with Crippen molar-refractivity contribution in [3.05, 3.63) is 39.0 Å². The number of halogens is 2. The van der Waals surface area contributed by atoms with Gasteiger partial charge in [-0.05, 0) is 34.5 Å². The number of aromatic nitrogens is 1. The summed E-state index contributed by atoms with van der Waals surface area (Å²) in [5, 5.41) is 10.0. The Balaban J connectivity index is 2.88.